The number of nitrogens with zero attached hydrogens (tertiary/aromatic N) is 1. The summed E-state index contributed by atoms with van der Waals surface area (Å²) < 4.78 is 18.6. The molecule has 7 heteroatoms. The summed E-state index contributed by atoms with van der Waals surface area (Å²) in [5, 5.41) is 1.07. The van der Waals surface area contributed by atoms with E-state index in [2.05, 4.69) is 4.57 Å². The predicted octanol–water partition coefficient (Wildman–Crippen LogP) is 7.80. The van der Waals surface area contributed by atoms with Gasteiger partial charge in [-0.15, -0.1) is 0 Å². The van der Waals surface area contributed by atoms with E-state index in [4.69, 9.17) is 14.2 Å². The minimum Gasteiger partial charge on any atom is -0.497 e. The molecule has 1 aliphatic heterocycles. The molecule has 7 nitrogen and oxygen atoms in total. The van der Waals surface area contributed by atoms with Crippen molar-refractivity contribution in [1.82, 2.24) is 4.57 Å². The first-order valence-corrected chi connectivity index (χ1v) is 15.2. The Bertz CT molecular complexity index is 1640. The molecule has 43 heavy (non-hydrogen) atoms. The van der Waals surface area contributed by atoms with Gasteiger partial charge in [-0.1, -0.05) is 31.4 Å². The van der Waals surface area contributed by atoms with Gasteiger partial charge in [-0.25, -0.2) is 9.59 Å². The lowest BCUT2D eigenvalue weighted by atomic mass is 9.81. The number of benzene rings is 2. The second-order valence-electron chi connectivity index (χ2n) is 12.3. The molecule has 2 heterocycles. The number of allylic oxidation sites excluding steroid dienone is 2. The number of esters is 2. The maximum atomic E-state index is 14.0. The Balaban J connectivity index is 1.78. The average Bonchev–Trinajstić information content (AvgIpc) is 3.19. The van der Waals surface area contributed by atoms with Crippen LogP contribution in [0.3, 0.4) is 0 Å². The lowest BCUT2D eigenvalue weighted by Gasteiger charge is -2.24. The molecule has 0 bridgehead atoms. The molecule has 2 aromatic carbocycles. The summed E-state index contributed by atoms with van der Waals surface area (Å²) in [7, 11) is 1.62. The summed E-state index contributed by atoms with van der Waals surface area (Å²) in [6.07, 6.45) is 9.09. The highest BCUT2D eigenvalue weighted by atomic mass is 16.6. The van der Waals surface area contributed by atoms with E-state index in [0.717, 1.165) is 53.4 Å². The summed E-state index contributed by atoms with van der Waals surface area (Å²) in [6, 6.07) is 11.7. The molecule has 0 radical (unpaired) electrons. The maximum absolute atomic E-state index is 14.0. The summed E-state index contributed by atoms with van der Waals surface area (Å²) in [5.74, 6) is -0.397. The molecule has 3 aromatic rings. The monoisotopic (exact) mass is 583 g/mol. The van der Waals surface area contributed by atoms with Crippen LogP contribution in [0.1, 0.15) is 94.1 Å². The number of hydrogen-bond acceptors (Lipinski definition) is 6. The third-order valence-electron chi connectivity index (χ3n) is 8.24. The number of carbonyl (C=O) groups excluding carboxylic acids is 3. The fourth-order valence-corrected chi connectivity index (χ4v) is 6.37. The number of rotatable bonds is 7. The normalized spacial score (nSPS) is 15.7. The highest BCUT2D eigenvalue weighted by Gasteiger charge is 2.32. The van der Waals surface area contributed by atoms with E-state index in [1.54, 1.807) is 21.0 Å². The van der Waals surface area contributed by atoms with Gasteiger partial charge in [0.2, 0.25) is 0 Å². The summed E-state index contributed by atoms with van der Waals surface area (Å²) >= 11 is 0. The van der Waals surface area contributed by atoms with Gasteiger partial charge in [-0.3, -0.25) is 4.79 Å². The third-order valence-corrected chi connectivity index (χ3v) is 8.24. The zero-order valence-corrected chi connectivity index (χ0v) is 26.0. The molecular formula is C36H41NO6. The lowest BCUT2D eigenvalue weighted by Crippen LogP contribution is -2.23. The van der Waals surface area contributed by atoms with Gasteiger partial charge in [-0.2, -0.15) is 0 Å². The van der Waals surface area contributed by atoms with E-state index < -0.39 is 17.5 Å². The van der Waals surface area contributed by atoms with E-state index in [1.807, 2.05) is 63.2 Å². The molecule has 0 unspecified atom stereocenters. The van der Waals surface area contributed by atoms with Crippen LogP contribution in [0.25, 0.3) is 28.2 Å². The van der Waals surface area contributed by atoms with Crippen LogP contribution in [0.4, 0.5) is 0 Å². The molecule has 0 spiro atoms. The number of methoxy groups -OCH3 is 1. The first kappa shape index (κ1) is 30.3. The fraction of sp³-hybridized carbons (Fsp3) is 0.417. The van der Waals surface area contributed by atoms with Gasteiger partial charge in [0.1, 0.15) is 16.9 Å². The van der Waals surface area contributed by atoms with Gasteiger partial charge in [-0.05, 0) is 101 Å². The van der Waals surface area contributed by atoms with Crippen molar-refractivity contribution in [2.45, 2.75) is 84.8 Å². The van der Waals surface area contributed by atoms with Crippen LogP contribution in [0, 0.1) is 0 Å². The molecule has 5 rings (SSSR count). The molecule has 0 amide bonds. The van der Waals surface area contributed by atoms with Crippen LogP contribution in [0.2, 0.25) is 0 Å². The zero-order chi connectivity index (χ0) is 30.9. The van der Waals surface area contributed by atoms with Crippen molar-refractivity contribution in [2.24, 2.45) is 0 Å². The van der Waals surface area contributed by atoms with Gasteiger partial charge < -0.3 is 18.8 Å². The van der Waals surface area contributed by atoms with Crippen molar-refractivity contribution >= 4 is 34.7 Å². The Labute approximate surface area is 253 Å². The van der Waals surface area contributed by atoms with Crippen LogP contribution in [0.5, 0.6) is 5.75 Å². The Morgan fingerprint density at radius 2 is 1.77 bits per heavy atom. The van der Waals surface area contributed by atoms with Gasteiger partial charge in [0, 0.05) is 22.0 Å². The number of aromatic nitrogens is 1. The molecule has 1 aliphatic carbocycles. The van der Waals surface area contributed by atoms with Crippen molar-refractivity contribution < 1.29 is 28.6 Å². The number of ether oxygens (including phenoxy) is 3. The largest absolute Gasteiger partial charge is 0.497 e. The quantitative estimate of drug-likeness (QED) is 0.122. The maximum Gasteiger partial charge on any atom is 0.341 e. The Morgan fingerprint density at radius 3 is 2.42 bits per heavy atom. The van der Waals surface area contributed by atoms with E-state index in [0.29, 0.717) is 22.8 Å². The third kappa shape index (κ3) is 6.03. The highest BCUT2D eigenvalue weighted by Crippen LogP contribution is 2.47. The van der Waals surface area contributed by atoms with Crippen LogP contribution >= 0.6 is 0 Å². The topological polar surface area (TPSA) is 83.8 Å². The van der Waals surface area contributed by atoms with Crippen molar-refractivity contribution in [3.63, 3.8) is 0 Å². The van der Waals surface area contributed by atoms with Crippen LogP contribution < -0.4 is 4.74 Å². The first-order chi connectivity index (χ1) is 20.6. The first-order valence-electron chi connectivity index (χ1n) is 15.2. The number of fused-ring (bicyclic) bond motifs is 5. The van der Waals surface area contributed by atoms with Crippen LogP contribution in [0.15, 0.2) is 53.6 Å². The van der Waals surface area contributed by atoms with E-state index >= 15 is 0 Å². The second kappa shape index (κ2) is 12.2. The Kier molecular flexibility index (Phi) is 8.63. The van der Waals surface area contributed by atoms with E-state index in [9.17, 15) is 14.4 Å². The minimum atomic E-state index is -0.640. The number of hydrogen-bond donors (Lipinski definition) is 0. The average molecular weight is 584 g/mol. The number of Topliss-reactive ketones (excluding diaryl/α,β-unsaturated/α-hetero) is 1. The molecule has 1 saturated carbocycles. The molecule has 0 N–H and O–H groups in total. The van der Waals surface area contributed by atoms with Crippen molar-refractivity contribution in [1.29, 1.82) is 0 Å². The molecule has 2 aliphatic rings. The molecule has 1 fully saturated rings. The molecule has 226 valence electrons. The van der Waals surface area contributed by atoms with Gasteiger partial charge in [0.15, 0.2) is 5.78 Å². The summed E-state index contributed by atoms with van der Waals surface area (Å²) in [5.41, 5.74) is 5.24. The number of ketones is 1. The fourth-order valence-electron chi connectivity index (χ4n) is 6.37. The van der Waals surface area contributed by atoms with Gasteiger partial charge in [0.05, 0.1) is 31.5 Å². The minimum absolute atomic E-state index is 0.000550. The highest BCUT2D eigenvalue weighted by molar-refractivity contribution is 6.25. The smallest absolute Gasteiger partial charge is 0.341 e. The van der Waals surface area contributed by atoms with Crippen molar-refractivity contribution in [3.05, 3.63) is 70.3 Å². The van der Waals surface area contributed by atoms with Crippen LogP contribution in [-0.4, -0.2) is 41.6 Å². The van der Waals surface area contributed by atoms with E-state index in [-0.39, 0.29) is 24.5 Å². The molecule has 0 saturated heterocycles. The second-order valence-corrected chi connectivity index (χ2v) is 12.3. The van der Waals surface area contributed by atoms with Crippen molar-refractivity contribution in [3.8, 4) is 17.0 Å². The lowest BCUT2D eigenvalue weighted by molar-refractivity contribution is -0.139. The molecular weight excluding hydrogens is 542 g/mol. The molecule has 0 atom stereocenters. The van der Waals surface area contributed by atoms with Gasteiger partial charge in [0.25, 0.3) is 0 Å². The Hall–Kier alpha value is -4.13. The van der Waals surface area contributed by atoms with E-state index in [1.165, 1.54) is 18.1 Å². The molecule has 1 aromatic heterocycles. The SMILES string of the molecule is C/C=C(/C(=O)OCC)C(=O)C1=Cc2cc(OC)ccc2-c2c(C3CCCCC3)c3ccc(C(=O)OC(C)(C)C)cc3n2C1. The standard InChI is InChI=1S/C36H41NO6/c1-7-27(35(40)42-8-2)33(38)25-18-24-19-26(41-6)15-17-28(24)32-31(22-12-10-9-11-13-22)29-16-14-23(20-30(29)37(32)21-25)34(39)43-36(3,4)5/h7,14-20,22H,8-13,21H2,1-6H3/b27-7+. The number of carbonyl (C=O) groups is 3. The summed E-state index contributed by atoms with van der Waals surface area (Å²) in [6.45, 7) is 9.34. The summed E-state index contributed by atoms with van der Waals surface area (Å²) in [4.78, 5) is 40.0. The zero-order valence-electron chi connectivity index (χ0n) is 26.0. The predicted molar refractivity (Wildman–Crippen MR) is 168 cm³/mol. The van der Waals surface area contributed by atoms with Crippen molar-refractivity contribution in [2.75, 3.05) is 13.7 Å². The van der Waals surface area contributed by atoms with Crippen LogP contribution in [-0.2, 0) is 25.6 Å². The van der Waals surface area contributed by atoms with Gasteiger partial charge >= 0.3 is 11.9 Å². The Morgan fingerprint density at radius 1 is 1.02 bits per heavy atom.